The first kappa shape index (κ1) is 17.2. The van der Waals surface area contributed by atoms with Gasteiger partial charge in [-0.1, -0.05) is 25.5 Å². The van der Waals surface area contributed by atoms with E-state index in [0.29, 0.717) is 38.5 Å². The third-order valence-electron chi connectivity index (χ3n) is 8.51. The molecule has 0 aromatic rings. The SMILES string of the molecule is C[C@@H]1C(=O)[C@@]23CC[C@H]4[C@](C)(C2=CC[C@]1(O)C3)[C@@H](O)CC[C@@]4(C)C(=O)O. The van der Waals surface area contributed by atoms with Crippen molar-refractivity contribution < 1.29 is 24.9 Å². The molecule has 0 radical (unpaired) electrons. The van der Waals surface area contributed by atoms with E-state index in [0.717, 1.165) is 5.57 Å². The summed E-state index contributed by atoms with van der Waals surface area (Å²) in [4.78, 5) is 25.2. The number of carbonyl (C=O) groups excluding carboxylic acids is 1. The number of carbonyl (C=O) groups is 2. The molecule has 25 heavy (non-hydrogen) atoms. The van der Waals surface area contributed by atoms with Gasteiger partial charge in [-0.05, 0) is 51.4 Å². The van der Waals surface area contributed by atoms with Gasteiger partial charge in [0, 0.05) is 11.3 Å². The Kier molecular flexibility index (Phi) is 3.27. The van der Waals surface area contributed by atoms with Crippen molar-refractivity contribution in [3.63, 3.8) is 0 Å². The summed E-state index contributed by atoms with van der Waals surface area (Å²) in [6.45, 7) is 5.55. The highest BCUT2D eigenvalue weighted by Gasteiger charge is 2.70. The number of hydrogen-bond acceptors (Lipinski definition) is 4. The van der Waals surface area contributed by atoms with Crippen LogP contribution in [-0.4, -0.2) is 38.8 Å². The van der Waals surface area contributed by atoms with Gasteiger partial charge in [0.15, 0.2) is 0 Å². The van der Waals surface area contributed by atoms with Crippen LogP contribution in [0.15, 0.2) is 11.6 Å². The number of carboxylic acids is 1. The van der Waals surface area contributed by atoms with Crippen LogP contribution in [0.2, 0.25) is 0 Å². The molecule has 0 saturated heterocycles. The van der Waals surface area contributed by atoms with E-state index in [-0.39, 0.29) is 11.7 Å². The minimum absolute atomic E-state index is 0.0771. The Morgan fingerprint density at radius 2 is 1.92 bits per heavy atom. The summed E-state index contributed by atoms with van der Waals surface area (Å²) in [6.07, 6.45) is 4.22. The number of aliphatic carboxylic acids is 1. The first-order chi connectivity index (χ1) is 11.5. The van der Waals surface area contributed by atoms with Crippen molar-refractivity contribution >= 4 is 11.8 Å². The van der Waals surface area contributed by atoms with Crippen LogP contribution in [0.5, 0.6) is 0 Å². The fourth-order valence-electron chi connectivity index (χ4n) is 6.89. The van der Waals surface area contributed by atoms with Gasteiger partial charge in [0.1, 0.15) is 5.78 Å². The molecule has 5 heteroatoms. The maximum atomic E-state index is 13.2. The standard InChI is InChI=1S/C20H28O5/c1-11-15(22)19-8-4-12-17(2,16(23)24)7-6-14(21)18(12,3)13(19)5-9-20(11,25)10-19/h5,11-12,14,21,25H,4,6-10H2,1-3H3,(H,23,24)/t11-,12-,14+,17-,18-,19-,20+/m1/s1. The number of fused-ring (bicyclic) bond motifs is 3. The summed E-state index contributed by atoms with van der Waals surface area (Å²) >= 11 is 0. The van der Waals surface area contributed by atoms with E-state index >= 15 is 0 Å². The predicted molar refractivity (Wildman–Crippen MR) is 90.7 cm³/mol. The average Bonchev–Trinajstić information content (AvgIpc) is 2.69. The lowest BCUT2D eigenvalue weighted by atomic mass is 9.43. The molecule has 0 unspecified atom stereocenters. The van der Waals surface area contributed by atoms with Crippen molar-refractivity contribution in [2.24, 2.45) is 28.1 Å². The van der Waals surface area contributed by atoms with E-state index < -0.39 is 39.8 Å². The van der Waals surface area contributed by atoms with E-state index in [1.807, 2.05) is 13.0 Å². The fraction of sp³-hybridized carbons (Fsp3) is 0.800. The second-order valence-corrected chi connectivity index (χ2v) is 9.42. The zero-order valence-corrected chi connectivity index (χ0v) is 15.2. The Morgan fingerprint density at radius 3 is 2.56 bits per heavy atom. The van der Waals surface area contributed by atoms with Crippen molar-refractivity contribution in [1.29, 1.82) is 0 Å². The molecule has 3 fully saturated rings. The van der Waals surface area contributed by atoms with Gasteiger partial charge in [-0.25, -0.2) is 0 Å². The summed E-state index contributed by atoms with van der Waals surface area (Å²) < 4.78 is 0. The summed E-state index contributed by atoms with van der Waals surface area (Å²) in [7, 11) is 0. The quantitative estimate of drug-likeness (QED) is 0.632. The lowest BCUT2D eigenvalue weighted by Gasteiger charge is -2.61. The molecule has 138 valence electrons. The van der Waals surface area contributed by atoms with E-state index in [2.05, 4.69) is 0 Å². The van der Waals surface area contributed by atoms with Crippen molar-refractivity contribution in [2.45, 2.75) is 71.0 Å². The number of aliphatic hydroxyl groups excluding tert-OH is 1. The van der Waals surface area contributed by atoms with Crippen LogP contribution < -0.4 is 0 Å². The van der Waals surface area contributed by atoms with Gasteiger partial charge in [0.05, 0.1) is 22.5 Å². The number of aliphatic hydroxyl groups is 2. The highest BCUT2D eigenvalue weighted by atomic mass is 16.4. The molecule has 3 saturated carbocycles. The maximum Gasteiger partial charge on any atom is 0.309 e. The summed E-state index contributed by atoms with van der Waals surface area (Å²) in [5.74, 6) is -1.35. The summed E-state index contributed by atoms with van der Waals surface area (Å²) in [6, 6.07) is 0. The van der Waals surface area contributed by atoms with Crippen molar-refractivity contribution in [3.05, 3.63) is 11.6 Å². The normalized spacial score (nSPS) is 54.5. The van der Waals surface area contributed by atoms with Crippen LogP contribution in [0.4, 0.5) is 0 Å². The molecule has 0 aromatic carbocycles. The molecule has 4 aliphatic rings. The van der Waals surface area contributed by atoms with E-state index in [9.17, 15) is 24.9 Å². The Morgan fingerprint density at radius 1 is 1.24 bits per heavy atom. The second kappa shape index (κ2) is 4.74. The smallest absolute Gasteiger partial charge is 0.309 e. The van der Waals surface area contributed by atoms with Crippen LogP contribution >= 0.6 is 0 Å². The molecule has 5 nitrogen and oxygen atoms in total. The predicted octanol–water partition coefficient (Wildman–Crippen LogP) is 2.30. The average molecular weight is 348 g/mol. The van der Waals surface area contributed by atoms with Gasteiger partial charge < -0.3 is 15.3 Å². The lowest BCUT2D eigenvalue weighted by Crippen LogP contribution is -2.61. The minimum Gasteiger partial charge on any atom is -0.481 e. The highest BCUT2D eigenvalue weighted by molar-refractivity contribution is 5.95. The Bertz CT molecular complexity index is 698. The first-order valence-electron chi connectivity index (χ1n) is 9.42. The molecule has 1 spiro atoms. The first-order valence-corrected chi connectivity index (χ1v) is 9.42. The van der Waals surface area contributed by atoms with E-state index in [1.54, 1.807) is 13.8 Å². The molecule has 4 aliphatic carbocycles. The molecular weight excluding hydrogens is 320 g/mol. The Labute approximate surface area is 148 Å². The van der Waals surface area contributed by atoms with Gasteiger partial charge in [-0.15, -0.1) is 0 Å². The van der Waals surface area contributed by atoms with Gasteiger partial charge in [0.25, 0.3) is 0 Å². The number of rotatable bonds is 1. The second-order valence-electron chi connectivity index (χ2n) is 9.42. The molecule has 3 N–H and O–H groups in total. The van der Waals surface area contributed by atoms with Gasteiger partial charge in [0.2, 0.25) is 0 Å². The lowest BCUT2D eigenvalue weighted by molar-refractivity contribution is -0.172. The third kappa shape index (κ3) is 1.76. The van der Waals surface area contributed by atoms with Crippen molar-refractivity contribution in [3.8, 4) is 0 Å². The highest BCUT2D eigenvalue weighted by Crippen LogP contribution is 2.70. The summed E-state index contributed by atoms with van der Waals surface area (Å²) in [5, 5.41) is 31.7. The monoisotopic (exact) mass is 348 g/mol. The van der Waals surface area contributed by atoms with Gasteiger partial charge in [-0.2, -0.15) is 0 Å². The molecule has 4 rings (SSSR count). The number of ketones is 1. The van der Waals surface area contributed by atoms with Gasteiger partial charge >= 0.3 is 5.97 Å². The molecule has 0 heterocycles. The fourth-order valence-corrected chi connectivity index (χ4v) is 6.89. The Balaban J connectivity index is 1.88. The molecule has 0 aliphatic heterocycles. The largest absolute Gasteiger partial charge is 0.481 e. The third-order valence-corrected chi connectivity index (χ3v) is 8.51. The van der Waals surface area contributed by atoms with Crippen LogP contribution in [0, 0.1) is 28.1 Å². The van der Waals surface area contributed by atoms with E-state index in [1.165, 1.54) is 0 Å². The van der Waals surface area contributed by atoms with Crippen molar-refractivity contribution in [1.82, 2.24) is 0 Å². The van der Waals surface area contributed by atoms with Crippen LogP contribution in [0.1, 0.15) is 59.3 Å². The number of Topliss-reactive ketones (excluding diaryl/α,β-unsaturated/α-hetero) is 1. The minimum atomic E-state index is -0.987. The zero-order valence-electron chi connectivity index (χ0n) is 15.2. The van der Waals surface area contributed by atoms with Crippen molar-refractivity contribution in [2.75, 3.05) is 0 Å². The van der Waals surface area contributed by atoms with Crippen LogP contribution in [-0.2, 0) is 9.59 Å². The summed E-state index contributed by atoms with van der Waals surface area (Å²) in [5.41, 5.74) is -2.40. The number of hydrogen-bond donors (Lipinski definition) is 3. The van der Waals surface area contributed by atoms with Crippen LogP contribution in [0.3, 0.4) is 0 Å². The number of carboxylic acid groups (broad SMARTS) is 1. The topological polar surface area (TPSA) is 94.8 Å². The maximum absolute atomic E-state index is 13.2. The van der Waals surface area contributed by atoms with Crippen LogP contribution in [0.25, 0.3) is 0 Å². The van der Waals surface area contributed by atoms with E-state index in [4.69, 9.17) is 0 Å². The molecular formula is C20H28O5. The van der Waals surface area contributed by atoms with Gasteiger partial charge in [-0.3, -0.25) is 9.59 Å². The molecule has 2 bridgehead atoms. The zero-order chi connectivity index (χ0) is 18.4. The molecule has 0 amide bonds. The molecule has 7 atom stereocenters. The molecule has 0 aromatic heterocycles. The Hall–Kier alpha value is -1.20.